The molecule has 0 aromatic carbocycles. The summed E-state index contributed by atoms with van der Waals surface area (Å²) in [5.74, 6) is 1.00. The number of hydrogen-bond acceptors (Lipinski definition) is 3. The normalized spacial score (nSPS) is 10.9. The first-order valence-electron chi connectivity index (χ1n) is 5.54. The second kappa shape index (κ2) is 4.99. The van der Waals surface area contributed by atoms with Crippen molar-refractivity contribution in [1.82, 2.24) is 15.1 Å². The molecule has 86 valence electrons. The molecule has 4 heteroatoms. The molecule has 0 saturated heterocycles. The van der Waals surface area contributed by atoms with Crippen molar-refractivity contribution in [2.45, 2.75) is 33.5 Å². The molecular formula is C12H17N3O. The van der Waals surface area contributed by atoms with Crippen molar-refractivity contribution >= 4 is 0 Å². The maximum Gasteiger partial charge on any atom is 0.120 e. The van der Waals surface area contributed by atoms with Crippen LogP contribution in [0, 0.1) is 6.92 Å². The summed E-state index contributed by atoms with van der Waals surface area (Å²) in [6, 6.07) is 1.98. The Labute approximate surface area is 95.3 Å². The molecule has 0 saturated carbocycles. The molecular weight excluding hydrogens is 202 g/mol. The van der Waals surface area contributed by atoms with Gasteiger partial charge in [-0.1, -0.05) is 0 Å². The maximum absolute atomic E-state index is 5.35. The van der Waals surface area contributed by atoms with Crippen LogP contribution in [0.15, 0.2) is 29.1 Å². The third kappa shape index (κ3) is 2.52. The zero-order chi connectivity index (χ0) is 11.4. The second-order valence-corrected chi connectivity index (χ2v) is 3.83. The van der Waals surface area contributed by atoms with E-state index in [2.05, 4.69) is 30.5 Å². The van der Waals surface area contributed by atoms with Gasteiger partial charge in [-0.2, -0.15) is 5.10 Å². The van der Waals surface area contributed by atoms with Gasteiger partial charge in [0, 0.05) is 24.8 Å². The fourth-order valence-corrected chi connectivity index (χ4v) is 1.58. The minimum atomic E-state index is 0.760. The van der Waals surface area contributed by atoms with E-state index in [1.807, 2.05) is 16.9 Å². The average Bonchev–Trinajstić information content (AvgIpc) is 2.89. The summed E-state index contributed by atoms with van der Waals surface area (Å²) in [7, 11) is 0. The molecule has 2 aromatic heterocycles. The largest absolute Gasteiger partial charge is 0.468 e. The van der Waals surface area contributed by atoms with Crippen molar-refractivity contribution in [3.63, 3.8) is 0 Å². The molecule has 0 aliphatic rings. The molecule has 0 aliphatic heterocycles. The summed E-state index contributed by atoms with van der Waals surface area (Å²) >= 11 is 0. The van der Waals surface area contributed by atoms with E-state index in [1.54, 1.807) is 6.26 Å². The van der Waals surface area contributed by atoms with E-state index in [-0.39, 0.29) is 0 Å². The first-order valence-corrected chi connectivity index (χ1v) is 5.54. The molecule has 0 bridgehead atoms. The first-order chi connectivity index (χ1) is 7.79. The van der Waals surface area contributed by atoms with Crippen LogP contribution < -0.4 is 5.32 Å². The molecule has 2 rings (SSSR count). The summed E-state index contributed by atoms with van der Waals surface area (Å²) in [5.41, 5.74) is 2.39. The zero-order valence-electron chi connectivity index (χ0n) is 9.73. The predicted octanol–water partition coefficient (Wildman–Crippen LogP) is 2.09. The second-order valence-electron chi connectivity index (χ2n) is 3.83. The Balaban J connectivity index is 1.82. The van der Waals surface area contributed by atoms with E-state index >= 15 is 0 Å². The van der Waals surface area contributed by atoms with Gasteiger partial charge < -0.3 is 9.73 Å². The van der Waals surface area contributed by atoms with Crippen LogP contribution in [0.2, 0.25) is 0 Å². The van der Waals surface area contributed by atoms with E-state index in [0.717, 1.165) is 25.4 Å². The van der Waals surface area contributed by atoms with E-state index in [1.165, 1.54) is 11.1 Å². The molecule has 1 N–H and O–H groups in total. The molecule has 0 amide bonds. The number of aromatic nitrogens is 2. The van der Waals surface area contributed by atoms with Gasteiger partial charge >= 0.3 is 0 Å². The van der Waals surface area contributed by atoms with Gasteiger partial charge in [0.15, 0.2) is 0 Å². The summed E-state index contributed by atoms with van der Waals surface area (Å²) in [6.45, 7) is 6.62. The highest BCUT2D eigenvalue weighted by molar-refractivity contribution is 5.14. The Morgan fingerprint density at radius 1 is 1.44 bits per heavy atom. The van der Waals surface area contributed by atoms with Gasteiger partial charge in [-0.25, -0.2) is 0 Å². The minimum absolute atomic E-state index is 0.760. The number of rotatable bonds is 5. The van der Waals surface area contributed by atoms with Crippen LogP contribution in [0.1, 0.15) is 23.8 Å². The van der Waals surface area contributed by atoms with Gasteiger partial charge in [0.2, 0.25) is 0 Å². The van der Waals surface area contributed by atoms with E-state index in [0.29, 0.717) is 0 Å². The van der Waals surface area contributed by atoms with Gasteiger partial charge in [-0.15, -0.1) is 0 Å². The summed E-state index contributed by atoms with van der Waals surface area (Å²) in [6.07, 6.45) is 5.68. The Bertz CT molecular complexity index is 445. The molecule has 16 heavy (non-hydrogen) atoms. The van der Waals surface area contributed by atoms with E-state index < -0.39 is 0 Å². The SMILES string of the molecule is CCn1cc(CNCc2occc2C)cn1. The van der Waals surface area contributed by atoms with Crippen LogP contribution in [0.5, 0.6) is 0 Å². The van der Waals surface area contributed by atoms with E-state index in [9.17, 15) is 0 Å². The Morgan fingerprint density at radius 3 is 2.94 bits per heavy atom. The molecule has 4 nitrogen and oxygen atoms in total. The van der Waals surface area contributed by atoms with Crippen LogP contribution in [-0.2, 0) is 19.6 Å². The topological polar surface area (TPSA) is 43.0 Å². The van der Waals surface area contributed by atoms with Gasteiger partial charge in [0.1, 0.15) is 5.76 Å². The van der Waals surface area contributed by atoms with Crippen molar-refractivity contribution in [2.24, 2.45) is 0 Å². The standard InChI is InChI=1S/C12H17N3O/c1-3-15-9-11(7-14-15)6-13-8-12-10(2)4-5-16-12/h4-5,7,9,13H,3,6,8H2,1-2H3. The average molecular weight is 219 g/mol. The number of nitrogens with one attached hydrogen (secondary N) is 1. The van der Waals surface area contributed by atoms with Crippen molar-refractivity contribution < 1.29 is 4.42 Å². The Kier molecular flexibility index (Phi) is 3.41. The molecule has 0 fully saturated rings. The highest BCUT2D eigenvalue weighted by Gasteiger charge is 2.01. The van der Waals surface area contributed by atoms with Gasteiger partial charge in [0.05, 0.1) is 19.0 Å². The van der Waals surface area contributed by atoms with Crippen molar-refractivity contribution in [1.29, 1.82) is 0 Å². The number of furan rings is 1. The number of aryl methyl sites for hydroxylation is 2. The fourth-order valence-electron chi connectivity index (χ4n) is 1.58. The lowest BCUT2D eigenvalue weighted by atomic mass is 10.3. The Hall–Kier alpha value is -1.55. The molecule has 0 atom stereocenters. The lowest BCUT2D eigenvalue weighted by Crippen LogP contribution is -2.12. The van der Waals surface area contributed by atoms with Crippen molar-refractivity contribution in [3.8, 4) is 0 Å². The predicted molar refractivity (Wildman–Crippen MR) is 61.9 cm³/mol. The van der Waals surface area contributed by atoms with E-state index in [4.69, 9.17) is 4.42 Å². The monoisotopic (exact) mass is 219 g/mol. The van der Waals surface area contributed by atoms with Crippen LogP contribution >= 0.6 is 0 Å². The van der Waals surface area contributed by atoms with Gasteiger partial charge in [-0.3, -0.25) is 4.68 Å². The zero-order valence-corrected chi connectivity index (χ0v) is 9.73. The van der Waals surface area contributed by atoms with Crippen LogP contribution in [-0.4, -0.2) is 9.78 Å². The van der Waals surface area contributed by atoms with Crippen LogP contribution in [0.3, 0.4) is 0 Å². The van der Waals surface area contributed by atoms with Gasteiger partial charge in [-0.05, 0) is 25.5 Å². The number of nitrogens with zero attached hydrogens (tertiary/aromatic N) is 2. The molecule has 2 aromatic rings. The first kappa shape index (κ1) is 11.0. The summed E-state index contributed by atoms with van der Waals surface area (Å²) in [4.78, 5) is 0. The fraction of sp³-hybridized carbons (Fsp3) is 0.417. The molecule has 0 radical (unpaired) electrons. The summed E-state index contributed by atoms with van der Waals surface area (Å²) in [5, 5.41) is 7.56. The third-order valence-corrected chi connectivity index (χ3v) is 2.59. The maximum atomic E-state index is 5.35. The lowest BCUT2D eigenvalue weighted by molar-refractivity contribution is 0.480. The summed E-state index contributed by atoms with van der Waals surface area (Å²) < 4.78 is 7.27. The van der Waals surface area contributed by atoms with Crippen LogP contribution in [0.25, 0.3) is 0 Å². The van der Waals surface area contributed by atoms with Crippen LogP contribution in [0.4, 0.5) is 0 Å². The van der Waals surface area contributed by atoms with Crippen molar-refractivity contribution in [3.05, 3.63) is 41.6 Å². The number of hydrogen-bond donors (Lipinski definition) is 1. The molecule has 0 spiro atoms. The third-order valence-electron chi connectivity index (χ3n) is 2.59. The quantitative estimate of drug-likeness (QED) is 0.837. The van der Waals surface area contributed by atoms with Gasteiger partial charge in [0.25, 0.3) is 0 Å². The Morgan fingerprint density at radius 2 is 2.31 bits per heavy atom. The lowest BCUT2D eigenvalue weighted by Gasteiger charge is -2.01. The molecule has 0 unspecified atom stereocenters. The minimum Gasteiger partial charge on any atom is -0.468 e. The highest BCUT2D eigenvalue weighted by atomic mass is 16.3. The van der Waals surface area contributed by atoms with Crippen molar-refractivity contribution in [2.75, 3.05) is 0 Å². The highest BCUT2D eigenvalue weighted by Crippen LogP contribution is 2.08. The molecule has 0 aliphatic carbocycles. The molecule has 2 heterocycles. The smallest absolute Gasteiger partial charge is 0.120 e.